The lowest BCUT2D eigenvalue weighted by Crippen LogP contribution is -2.33. The average molecular weight is 363 g/mol. The fourth-order valence-corrected chi connectivity index (χ4v) is 3.11. The van der Waals surface area contributed by atoms with E-state index in [2.05, 4.69) is 5.32 Å². The minimum atomic E-state index is -3.31. The van der Waals surface area contributed by atoms with Crippen molar-refractivity contribution >= 4 is 33.2 Å². The SMILES string of the molecule is CCCCN(CCC(=O)Nc1ccc(OC)c(Cl)c1)S(C)(=O)=O. The molecule has 1 rings (SSSR count). The van der Waals surface area contributed by atoms with Crippen molar-refractivity contribution < 1.29 is 17.9 Å². The molecule has 23 heavy (non-hydrogen) atoms. The Morgan fingerprint density at radius 1 is 1.35 bits per heavy atom. The quantitative estimate of drug-likeness (QED) is 0.732. The Morgan fingerprint density at radius 3 is 2.57 bits per heavy atom. The van der Waals surface area contributed by atoms with Crippen LogP contribution in [-0.2, 0) is 14.8 Å². The third-order valence-electron chi connectivity index (χ3n) is 3.25. The van der Waals surface area contributed by atoms with Gasteiger partial charge in [0.25, 0.3) is 0 Å². The second kappa shape index (κ2) is 9.10. The summed E-state index contributed by atoms with van der Waals surface area (Å²) in [5.41, 5.74) is 0.542. The van der Waals surface area contributed by atoms with Crippen LogP contribution in [-0.4, -0.2) is 45.1 Å². The number of amides is 1. The number of nitrogens with zero attached hydrogens (tertiary/aromatic N) is 1. The van der Waals surface area contributed by atoms with Gasteiger partial charge in [-0.3, -0.25) is 4.79 Å². The maximum absolute atomic E-state index is 12.0. The number of carbonyl (C=O) groups excluding carboxylic acids is 1. The van der Waals surface area contributed by atoms with E-state index >= 15 is 0 Å². The summed E-state index contributed by atoms with van der Waals surface area (Å²) in [4.78, 5) is 12.0. The van der Waals surface area contributed by atoms with Crippen molar-refractivity contribution in [2.24, 2.45) is 0 Å². The van der Waals surface area contributed by atoms with Crippen molar-refractivity contribution in [2.75, 3.05) is 31.8 Å². The molecule has 0 saturated carbocycles. The molecule has 1 amide bonds. The standard InChI is InChI=1S/C15H23ClN2O4S/c1-4-5-9-18(23(3,20)21)10-8-15(19)17-12-6-7-14(22-2)13(16)11-12/h6-7,11H,4-5,8-10H2,1-3H3,(H,17,19). The predicted octanol–water partition coefficient (Wildman–Crippen LogP) is 2.74. The maximum atomic E-state index is 12.0. The molecule has 0 bridgehead atoms. The first-order valence-corrected chi connectivity index (χ1v) is 9.59. The van der Waals surface area contributed by atoms with Crippen molar-refractivity contribution in [1.82, 2.24) is 4.31 Å². The van der Waals surface area contributed by atoms with E-state index in [1.54, 1.807) is 18.2 Å². The molecule has 1 aromatic carbocycles. The second-order valence-corrected chi connectivity index (χ2v) is 7.55. The number of carbonyl (C=O) groups is 1. The minimum absolute atomic E-state index is 0.0838. The molecule has 130 valence electrons. The van der Waals surface area contributed by atoms with Gasteiger partial charge in [0.2, 0.25) is 15.9 Å². The van der Waals surface area contributed by atoms with Crippen LogP contribution >= 0.6 is 11.6 Å². The van der Waals surface area contributed by atoms with E-state index < -0.39 is 10.0 Å². The van der Waals surface area contributed by atoms with Gasteiger partial charge in [0.15, 0.2) is 0 Å². The summed E-state index contributed by atoms with van der Waals surface area (Å²) in [5, 5.41) is 3.09. The molecule has 0 atom stereocenters. The number of nitrogens with one attached hydrogen (secondary N) is 1. The Morgan fingerprint density at radius 2 is 2.04 bits per heavy atom. The summed E-state index contributed by atoms with van der Waals surface area (Å²) in [6, 6.07) is 4.92. The summed E-state index contributed by atoms with van der Waals surface area (Å²) in [7, 11) is -1.80. The summed E-state index contributed by atoms with van der Waals surface area (Å²) >= 11 is 5.99. The Hall–Kier alpha value is -1.31. The van der Waals surface area contributed by atoms with Gasteiger partial charge in [-0.25, -0.2) is 12.7 Å². The molecule has 8 heteroatoms. The number of benzene rings is 1. The van der Waals surface area contributed by atoms with Crippen LogP contribution in [0.5, 0.6) is 5.75 Å². The van der Waals surface area contributed by atoms with Crippen molar-refractivity contribution in [2.45, 2.75) is 26.2 Å². The van der Waals surface area contributed by atoms with Crippen molar-refractivity contribution in [1.29, 1.82) is 0 Å². The molecule has 0 fully saturated rings. The van der Waals surface area contributed by atoms with Crippen LogP contribution in [0.3, 0.4) is 0 Å². The fraction of sp³-hybridized carbons (Fsp3) is 0.533. The second-order valence-electron chi connectivity index (χ2n) is 5.16. The molecule has 0 aromatic heterocycles. The number of rotatable bonds is 9. The molecule has 0 aliphatic heterocycles. The van der Waals surface area contributed by atoms with Crippen LogP contribution in [0, 0.1) is 0 Å². The molecule has 0 aliphatic rings. The number of ether oxygens (including phenoxy) is 1. The largest absolute Gasteiger partial charge is 0.495 e. The Balaban J connectivity index is 2.60. The van der Waals surface area contributed by atoms with Crippen LogP contribution < -0.4 is 10.1 Å². The average Bonchev–Trinajstić information content (AvgIpc) is 2.46. The van der Waals surface area contributed by atoms with Crippen molar-refractivity contribution in [3.05, 3.63) is 23.2 Å². The number of halogens is 1. The van der Waals surface area contributed by atoms with Gasteiger partial charge in [0, 0.05) is 25.2 Å². The molecular formula is C15H23ClN2O4S. The van der Waals surface area contributed by atoms with E-state index in [1.165, 1.54) is 11.4 Å². The molecule has 0 unspecified atom stereocenters. The highest BCUT2D eigenvalue weighted by Crippen LogP contribution is 2.27. The lowest BCUT2D eigenvalue weighted by atomic mass is 10.3. The lowest BCUT2D eigenvalue weighted by Gasteiger charge is -2.19. The van der Waals surface area contributed by atoms with Gasteiger partial charge in [-0.2, -0.15) is 0 Å². The molecule has 0 spiro atoms. The van der Waals surface area contributed by atoms with Crippen molar-refractivity contribution in [3.63, 3.8) is 0 Å². The van der Waals surface area contributed by atoms with Gasteiger partial charge in [-0.15, -0.1) is 0 Å². The molecule has 0 heterocycles. The monoisotopic (exact) mass is 362 g/mol. The Labute approximate surface area is 142 Å². The summed E-state index contributed by atoms with van der Waals surface area (Å²) in [6.07, 6.45) is 2.90. The molecule has 6 nitrogen and oxygen atoms in total. The van der Waals surface area contributed by atoms with Crippen LogP contribution in [0.25, 0.3) is 0 Å². The number of methoxy groups -OCH3 is 1. The molecule has 0 radical (unpaired) electrons. The topological polar surface area (TPSA) is 75.7 Å². The summed E-state index contributed by atoms with van der Waals surface area (Å²) < 4.78 is 29.7. The molecule has 1 N–H and O–H groups in total. The molecule has 0 aliphatic carbocycles. The summed E-state index contributed by atoms with van der Waals surface area (Å²) in [6.45, 7) is 2.58. The third-order valence-corrected chi connectivity index (χ3v) is 4.85. The molecule has 0 saturated heterocycles. The van der Waals surface area contributed by atoms with Crippen LogP contribution in [0.1, 0.15) is 26.2 Å². The van der Waals surface area contributed by atoms with E-state index in [4.69, 9.17) is 16.3 Å². The Kier molecular flexibility index (Phi) is 7.81. The molecule has 1 aromatic rings. The van der Waals surface area contributed by atoms with Gasteiger partial charge in [0.1, 0.15) is 5.75 Å². The van der Waals surface area contributed by atoms with E-state index in [0.29, 0.717) is 23.0 Å². The maximum Gasteiger partial charge on any atom is 0.225 e. The van der Waals surface area contributed by atoms with E-state index in [-0.39, 0.29) is 18.9 Å². The zero-order valence-corrected chi connectivity index (χ0v) is 15.2. The summed E-state index contributed by atoms with van der Waals surface area (Å²) in [5.74, 6) is 0.254. The number of unbranched alkanes of at least 4 members (excludes halogenated alkanes) is 1. The highest BCUT2D eigenvalue weighted by atomic mass is 35.5. The van der Waals surface area contributed by atoms with Gasteiger partial charge in [-0.1, -0.05) is 24.9 Å². The first-order chi connectivity index (χ1) is 10.8. The molecular weight excluding hydrogens is 340 g/mol. The normalized spacial score (nSPS) is 11.5. The first-order valence-electron chi connectivity index (χ1n) is 7.36. The predicted molar refractivity (Wildman–Crippen MR) is 92.6 cm³/mol. The van der Waals surface area contributed by atoms with E-state index in [0.717, 1.165) is 19.1 Å². The number of anilines is 1. The van der Waals surface area contributed by atoms with Crippen LogP contribution in [0.15, 0.2) is 18.2 Å². The number of hydrogen-bond acceptors (Lipinski definition) is 4. The van der Waals surface area contributed by atoms with Crippen molar-refractivity contribution in [3.8, 4) is 5.75 Å². The van der Waals surface area contributed by atoms with Gasteiger partial charge < -0.3 is 10.1 Å². The number of sulfonamides is 1. The lowest BCUT2D eigenvalue weighted by molar-refractivity contribution is -0.116. The fourth-order valence-electron chi connectivity index (χ4n) is 1.97. The highest BCUT2D eigenvalue weighted by Gasteiger charge is 2.17. The highest BCUT2D eigenvalue weighted by molar-refractivity contribution is 7.88. The minimum Gasteiger partial charge on any atom is -0.495 e. The van der Waals surface area contributed by atoms with E-state index in [1.807, 2.05) is 6.92 Å². The smallest absolute Gasteiger partial charge is 0.225 e. The zero-order valence-electron chi connectivity index (χ0n) is 13.6. The van der Waals surface area contributed by atoms with E-state index in [9.17, 15) is 13.2 Å². The third kappa shape index (κ3) is 6.76. The Bertz CT molecular complexity index is 634. The first kappa shape index (κ1) is 19.7. The van der Waals surface area contributed by atoms with Gasteiger partial charge >= 0.3 is 0 Å². The van der Waals surface area contributed by atoms with Gasteiger partial charge in [0.05, 0.1) is 18.4 Å². The van der Waals surface area contributed by atoms with Gasteiger partial charge in [-0.05, 0) is 24.6 Å². The number of hydrogen-bond donors (Lipinski definition) is 1. The van der Waals surface area contributed by atoms with Crippen LogP contribution in [0.2, 0.25) is 5.02 Å². The zero-order chi connectivity index (χ0) is 17.5. The van der Waals surface area contributed by atoms with Crippen LogP contribution in [0.4, 0.5) is 5.69 Å².